The smallest absolute Gasteiger partial charge is 0.319 e. The van der Waals surface area contributed by atoms with E-state index < -0.39 is 0 Å². The highest BCUT2D eigenvalue weighted by Crippen LogP contribution is 2.26. The van der Waals surface area contributed by atoms with E-state index in [2.05, 4.69) is 24.5 Å². The first-order chi connectivity index (χ1) is 12.6. The summed E-state index contributed by atoms with van der Waals surface area (Å²) in [5.74, 6) is 0.0879. The highest BCUT2D eigenvalue weighted by Gasteiger charge is 2.23. The first kappa shape index (κ1) is 22.8. The lowest BCUT2D eigenvalue weighted by molar-refractivity contribution is -0.137. The van der Waals surface area contributed by atoms with Crippen LogP contribution in [-0.2, 0) is 11.3 Å². The van der Waals surface area contributed by atoms with Crippen LogP contribution < -0.4 is 15.5 Å². The Bertz CT molecular complexity index is 641. The fraction of sp³-hybridized carbons (Fsp3) is 0.619. The summed E-state index contributed by atoms with van der Waals surface area (Å²) in [5.41, 5.74) is 2.76. The highest BCUT2D eigenvalue weighted by atomic mass is 16.2. The monoisotopic (exact) mass is 376 g/mol. The van der Waals surface area contributed by atoms with Gasteiger partial charge < -0.3 is 20.4 Å². The van der Waals surface area contributed by atoms with Crippen molar-refractivity contribution < 1.29 is 9.59 Å². The van der Waals surface area contributed by atoms with Gasteiger partial charge in [0.2, 0.25) is 5.91 Å². The van der Waals surface area contributed by atoms with Gasteiger partial charge in [0.25, 0.3) is 0 Å². The summed E-state index contributed by atoms with van der Waals surface area (Å²) in [5, 5.41) is 5.70. The zero-order valence-electron chi connectivity index (χ0n) is 18.1. The summed E-state index contributed by atoms with van der Waals surface area (Å²) in [6, 6.07) is 5.81. The van der Waals surface area contributed by atoms with E-state index in [1.165, 1.54) is 0 Å². The van der Waals surface area contributed by atoms with E-state index in [1.807, 2.05) is 69.8 Å². The summed E-state index contributed by atoms with van der Waals surface area (Å²) in [6.07, 6.45) is 0.893. The summed E-state index contributed by atoms with van der Waals surface area (Å²) in [4.78, 5) is 28.7. The molecule has 1 atom stereocenters. The molecule has 1 unspecified atom stereocenters. The number of amides is 3. The Morgan fingerprint density at radius 1 is 1.07 bits per heavy atom. The maximum atomic E-state index is 12.7. The summed E-state index contributed by atoms with van der Waals surface area (Å²) < 4.78 is 0. The molecule has 0 spiro atoms. The molecule has 0 heterocycles. The van der Waals surface area contributed by atoms with E-state index in [9.17, 15) is 9.59 Å². The molecule has 1 aromatic carbocycles. The van der Waals surface area contributed by atoms with Crippen molar-refractivity contribution in [3.8, 4) is 0 Å². The summed E-state index contributed by atoms with van der Waals surface area (Å²) in [6.45, 7) is 12.4. The number of nitrogens with zero attached hydrogens (tertiary/aromatic N) is 2. The molecule has 27 heavy (non-hydrogen) atoms. The number of hydrogen-bond donors (Lipinski definition) is 2. The van der Waals surface area contributed by atoms with Crippen LogP contribution in [0.15, 0.2) is 18.2 Å². The van der Waals surface area contributed by atoms with E-state index in [-0.39, 0.29) is 29.9 Å². The number of carbonyl (C=O) groups is 2. The van der Waals surface area contributed by atoms with E-state index >= 15 is 0 Å². The van der Waals surface area contributed by atoms with Gasteiger partial charge in [-0.15, -0.1) is 0 Å². The lowest BCUT2D eigenvalue weighted by atomic mass is 10.1. The molecular weight excluding hydrogens is 340 g/mol. The minimum atomic E-state index is -0.231. The molecule has 1 rings (SSSR count). The molecule has 0 aliphatic rings. The average molecular weight is 377 g/mol. The topological polar surface area (TPSA) is 64.7 Å². The molecule has 2 N–H and O–H groups in total. The van der Waals surface area contributed by atoms with Crippen molar-refractivity contribution in [1.29, 1.82) is 0 Å². The van der Waals surface area contributed by atoms with Gasteiger partial charge in [-0.1, -0.05) is 20.8 Å². The minimum absolute atomic E-state index is 0.0556. The van der Waals surface area contributed by atoms with Gasteiger partial charge in [0.1, 0.15) is 0 Å². The molecule has 152 valence electrons. The van der Waals surface area contributed by atoms with Gasteiger partial charge in [0.15, 0.2) is 0 Å². The fourth-order valence-electron chi connectivity index (χ4n) is 2.84. The van der Waals surface area contributed by atoms with Crippen LogP contribution in [0, 0.1) is 5.92 Å². The molecule has 0 aliphatic heterocycles. The predicted molar refractivity (Wildman–Crippen MR) is 113 cm³/mol. The zero-order chi connectivity index (χ0) is 20.7. The third-order valence-electron chi connectivity index (χ3n) is 4.48. The van der Waals surface area contributed by atoms with Crippen LogP contribution in [0.1, 0.15) is 53.5 Å². The highest BCUT2D eigenvalue weighted by molar-refractivity contribution is 5.90. The molecule has 0 aromatic heterocycles. The van der Waals surface area contributed by atoms with Gasteiger partial charge in [0, 0.05) is 50.0 Å². The van der Waals surface area contributed by atoms with Crippen LogP contribution in [0.25, 0.3) is 0 Å². The van der Waals surface area contributed by atoms with Crippen molar-refractivity contribution in [2.75, 3.05) is 24.3 Å². The lowest BCUT2D eigenvalue weighted by Gasteiger charge is -2.32. The Hall–Kier alpha value is -2.24. The molecule has 0 saturated carbocycles. The van der Waals surface area contributed by atoms with Gasteiger partial charge in [-0.25, -0.2) is 4.79 Å². The Morgan fingerprint density at radius 3 is 2.19 bits per heavy atom. The van der Waals surface area contributed by atoms with Gasteiger partial charge in [-0.05, 0) is 51.0 Å². The first-order valence-corrected chi connectivity index (χ1v) is 9.75. The maximum Gasteiger partial charge on any atom is 0.319 e. The van der Waals surface area contributed by atoms with Gasteiger partial charge >= 0.3 is 6.03 Å². The fourth-order valence-corrected chi connectivity index (χ4v) is 2.84. The van der Waals surface area contributed by atoms with Crippen LogP contribution in [0.5, 0.6) is 0 Å². The number of rotatable bonds is 8. The minimum Gasteiger partial charge on any atom is -0.377 e. The second-order valence-electron chi connectivity index (χ2n) is 7.87. The second kappa shape index (κ2) is 10.2. The average Bonchev–Trinajstić information content (AvgIpc) is 2.57. The molecule has 0 saturated heterocycles. The summed E-state index contributed by atoms with van der Waals surface area (Å²) in [7, 11) is 3.96. The lowest BCUT2D eigenvalue weighted by Crippen LogP contribution is -2.40. The van der Waals surface area contributed by atoms with Crippen molar-refractivity contribution in [2.24, 2.45) is 5.92 Å². The van der Waals surface area contributed by atoms with Crippen LogP contribution in [0.3, 0.4) is 0 Å². The van der Waals surface area contributed by atoms with Crippen molar-refractivity contribution in [3.63, 3.8) is 0 Å². The Balaban J connectivity index is 3.18. The molecule has 0 bridgehead atoms. The molecule has 0 radical (unpaired) electrons. The number of nitrogens with one attached hydrogen (secondary N) is 2. The molecule has 3 amide bonds. The van der Waals surface area contributed by atoms with Crippen LogP contribution >= 0.6 is 0 Å². The van der Waals surface area contributed by atoms with E-state index in [4.69, 9.17) is 0 Å². The predicted octanol–water partition coefficient (Wildman–Crippen LogP) is 4.07. The second-order valence-corrected chi connectivity index (χ2v) is 7.87. The maximum absolute atomic E-state index is 12.7. The normalized spacial score (nSPS) is 12.1. The van der Waals surface area contributed by atoms with Gasteiger partial charge in [-0.2, -0.15) is 0 Å². The third-order valence-corrected chi connectivity index (χ3v) is 4.48. The SMILES string of the molecule is CCC(C)N(Cc1cc(NC(=O)NC(C)C)ccc1N(C)C)C(=O)C(C)C. The molecular formula is C21H36N4O2. The van der Waals surface area contributed by atoms with E-state index in [1.54, 1.807) is 0 Å². The number of hydrogen-bond acceptors (Lipinski definition) is 3. The molecule has 0 aliphatic carbocycles. The van der Waals surface area contributed by atoms with Crippen molar-refractivity contribution >= 4 is 23.3 Å². The standard InChI is InChI=1S/C21H36N4O2/c1-9-16(6)25(20(26)14(2)3)13-17-12-18(10-11-19(17)24(7)8)23-21(27)22-15(4)5/h10-12,14-16H,9,13H2,1-8H3,(H2,22,23,27). The van der Waals surface area contributed by atoms with Crippen LogP contribution in [0.4, 0.5) is 16.2 Å². The number of urea groups is 1. The molecule has 1 aromatic rings. The third kappa shape index (κ3) is 6.77. The van der Waals surface area contributed by atoms with Crippen molar-refractivity contribution in [1.82, 2.24) is 10.2 Å². The quantitative estimate of drug-likeness (QED) is 0.719. The van der Waals surface area contributed by atoms with Crippen molar-refractivity contribution in [3.05, 3.63) is 23.8 Å². The Kier molecular flexibility index (Phi) is 8.60. The van der Waals surface area contributed by atoms with Crippen molar-refractivity contribution in [2.45, 2.75) is 66.6 Å². The first-order valence-electron chi connectivity index (χ1n) is 9.75. The van der Waals surface area contributed by atoms with Gasteiger partial charge in [0.05, 0.1) is 0 Å². The molecule has 6 heteroatoms. The van der Waals surface area contributed by atoms with E-state index in [0.29, 0.717) is 6.54 Å². The molecule has 0 fully saturated rings. The number of anilines is 2. The number of benzene rings is 1. The largest absolute Gasteiger partial charge is 0.377 e. The Morgan fingerprint density at radius 2 is 1.70 bits per heavy atom. The number of carbonyl (C=O) groups excluding carboxylic acids is 2. The molecule has 6 nitrogen and oxygen atoms in total. The van der Waals surface area contributed by atoms with Gasteiger partial charge in [-0.3, -0.25) is 4.79 Å². The van der Waals surface area contributed by atoms with Crippen LogP contribution in [-0.4, -0.2) is 43.0 Å². The Labute approximate surface area is 164 Å². The van der Waals surface area contributed by atoms with E-state index in [0.717, 1.165) is 23.4 Å². The zero-order valence-corrected chi connectivity index (χ0v) is 18.1. The van der Waals surface area contributed by atoms with Crippen LogP contribution in [0.2, 0.25) is 0 Å². The summed E-state index contributed by atoms with van der Waals surface area (Å²) >= 11 is 0.